The summed E-state index contributed by atoms with van der Waals surface area (Å²) in [6, 6.07) is 0.470. The molecule has 6 nitrogen and oxygen atoms in total. The molecule has 1 saturated heterocycles. The number of hydroxylamine groups is 1. The van der Waals surface area contributed by atoms with Gasteiger partial charge in [-0.3, -0.25) is 10.0 Å². The largest absolute Gasteiger partial charge is 0.337 e. The third-order valence-electron chi connectivity index (χ3n) is 3.51. The highest BCUT2D eigenvalue weighted by Gasteiger charge is 2.37. The van der Waals surface area contributed by atoms with Crippen LogP contribution in [0.4, 0.5) is 5.95 Å². The van der Waals surface area contributed by atoms with E-state index in [0.29, 0.717) is 23.8 Å². The first-order chi connectivity index (χ1) is 9.02. The molecule has 6 heteroatoms. The number of rotatable bonds is 4. The maximum absolute atomic E-state index is 11.2. The summed E-state index contributed by atoms with van der Waals surface area (Å²) in [7, 11) is 0. The molecule has 1 aliphatic rings. The molecular formula is C13H20N4O2. The molecule has 1 aliphatic heterocycles. The summed E-state index contributed by atoms with van der Waals surface area (Å²) in [5.41, 5.74) is 1.82. The SMILES string of the molecule is CC(C)CC1C(C)CN1c1ncc(C(=O)NO)cn1. The first-order valence-electron chi connectivity index (χ1n) is 6.56. The topological polar surface area (TPSA) is 78.4 Å². The first-order valence-corrected chi connectivity index (χ1v) is 6.56. The molecular weight excluding hydrogens is 244 g/mol. The van der Waals surface area contributed by atoms with Crippen LogP contribution in [0.1, 0.15) is 37.6 Å². The van der Waals surface area contributed by atoms with E-state index in [1.807, 2.05) is 0 Å². The van der Waals surface area contributed by atoms with Crippen molar-refractivity contribution in [2.75, 3.05) is 11.4 Å². The Morgan fingerprint density at radius 1 is 1.53 bits per heavy atom. The number of aromatic nitrogens is 2. The van der Waals surface area contributed by atoms with Crippen molar-refractivity contribution < 1.29 is 10.0 Å². The Hall–Kier alpha value is -1.69. The summed E-state index contributed by atoms with van der Waals surface area (Å²) in [6.07, 6.45) is 3.98. The number of nitrogens with one attached hydrogen (secondary N) is 1. The third kappa shape index (κ3) is 2.84. The molecule has 1 amide bonds. The fraction of sp³-hybridized carbons (Fsp3) is 0.615. The van der Waals surface area contributed by atoms with Crippen molar-refractivity contribution in [3.63, 3.8) is 0 Å². The van der Waals surface area contributed by atoms with E-state index in [0.717, 1.165) is 13.0 Å². The Morgan fingerprint density at radius 3 is 2.63 bits per heavy atom. The predicted octanol–water partition coefficient (Wildman–Crippen LogP) is 1.47. The molecule has 2 N–H and O–H groups in total. The van der Waals surface area contributed by atoms with Gasteiger partial charge < -0.3 is 4.90 Å². The lowest BCUT2D eigenvalue weighted by atomic mass is 9.84. The normalized spacial score (nSPS) is 22.3. The highest BCUT2D eigenvalue weighted by Crippen LogP contribution is 2.32. The minimum absolute atomic E-state index is 0.250. The van der Waals surface area contributed by atoms with Crippen molar-refractivity contribution in [2.24, 2.45) is 11.8 Å². The standard InChI is InChI=1S/C13H20N4O2/c1-8(2)4-11-9(3)7-17(11)13-14-5-10(6-15-13)12(18)16-19/h5-6,8-9,11,19H,4,7H2,1-3H3,(H,16,18). The third-order valence-corrected chi connectivity index (χ3v) is 3.51. The van der Waals surface area contributed by atoms with Gasteiger partial charge in [-0.1, -0.05) is 20.8 Å². The van der Waals surface area contributed by atoms with Gasteiger partial charge in [-0.05, 0) is 18.3 Å². The highest BCUT2D eigenvalue weighted by molar-refractivity contribution is 5.92. The molecule has 0 spiro atoms. The van der Waals surface area contributed by atoms with Gasteiger partial charge in [-0.2, -0.15) is 0 Å². The van der Waals surface area contributed by atoms with Crippen molar-refractivity contribution in [3.8, 4) is 0 Å². The van der Waals surface area contributed by atoms with Crippen molar-refractivity contribution in [3.05, 3.63) is 18.0 Å². The summed E-state index contributed by atoms with van der Waals surface area (Å²) in [5, 5.41) is 8.53. The molecule has 0 saturated carbocycles. The second-order valence-corrected chi connectivity index (χ2v) is 5.54. The van der Waals surface area contributed by atoms with Crippen LogP contribution in [0.15, 0.2) is 12.4 Å². The molecule has 1 fully saturated rings. The molecule has 1 aromatic heterocycles. The Kier molecular flexibility index (Phi) is 3.99. The molecule has 2 unspecified atom stereocenters. The second kappa shape index (κ2) is 5.52. The molecule has 1 aromatic rings. The quantitative estimate of drug-likeness (QED) is 0.636. The number of carbonyl (C=O) groups is 1. The summed E-state index contributed by atoms with van der Waals surface area (Å²) in [6.45, 7) is 7.59. The van der Waals surface area contributed by atoms with Crippen LogP contribution in [0.25, 0.3) is 0 Å². The van der Waals surface area contributed by atoms with Crippen LogP contribution >= 0.6 is 0 Å². The second-order valence-electron chi connectivity index (χ2n) is 5.54. The van der Waals surface area contributed by atoms with Crippen molar-refractivity contribution >= 4 is 11.9 Å². The van der Waals surface area contributed by atoms with Crippen LogP contribution < -0.4 is 10.4 Å². The molecule has 2 rings (SSSR count). The molecule has 0 aliphatic carbocycles. The number of amides is 1. The van der Waals surface area contributed by atoms with Gasteiger partial charge in [0.15, 0.2) is 0 Å². The number of hydrogen-bond acceptors (Lipinski definition) is 5. The number of nitrogens with zero attached hydrogens (tertiary/aromatic N) is 3. The van der Waals surface area contributed by atoms with Crippen LogP contribution in [-0.4, -0.2) is 33.7 Å². The van der Waals surface area contributed by atoms with Gasteiger partial charge in [0.25, 0.3) is 5.91 Å². The molecule has 0 bridgehead atoms. The van der Waals surface area contributed by atoms with Crippen LogP contribution in [0, 0.1) is 11.8 Å². The summed E-state index contributed by atoms with van der Waals surface area (Å²) >= 11 is 0. The Balaban J connectivity index is 2.08. The first kappa shape index (κ1) is 13.7. The van der Waals surface area contributed by atoms with Crippen molar-refractivity contribution in [2.45, 2.75) is 33.2 Å². The maximum Gasteiger partial charge on any atom is 0.277 e. The zero-order chi connectivity index (χ0) is 14.0. The van der Waals surface area contributed by atoms with Crippen LogP contribution in [-0.2, 0) is 0 Å². The van der Waals surface area contributed by atoms with E-state index in [2.05, 4.69) is 35.6 Å². The fourth-order valence-electron chi connectivity index (χ4n) is 2.46. The Morgan fingerprint density at radius 2 is 2.16 bits per heavy atom. The minimum atomic E-state index is -0.595. The van der Waals surface area contributed by atoms with E-state index in [1.165, 1.54) is 12.4 Å². The highest BCUT2D eigenvalue weighted by atomic mass is 16.5. The molecule has 0 radical (unpaired) electrons. The number of carbonyl (C=O) groups excluding carboxylic acids is 1. The Bertz CT molecular complexity index is 446. The van der Waals surface area contributed by atoms with Gasteiger partial charge >= 0.3 is 0 Å². The molecule has 19 heavy (non-hydrogen) atoms. The van der Waals surface area contributed by atoms with E-state index in [9.17, 15) is 4.79 Å². The van der Waals surface area contributed by atoms with E-state index in [4.69, 9.17) is 5.21 Å². The van der Waals surface area contributed by atoms with E-state index >= 15 is 0 Å². The average molecular weight is 264 g/mol. The van der Waals surface area contributed by atoms with Gasteiger partial charge in [-0.25, -0.2) is 15.4 Å². The maximum atomic E-state index is 11.2. The monoisotopic (exact) mass is 264 g/mol. The molecule has 0 aromatic carbocycles. The smallest absolute Gasteiger partial charge is 0.277 e. The van der Waals surface area contributed by atoms with Gasteiger partial charge in [0.2, 0.25) is 5.95 Å². The molecule has 2 atom stereocenters. The van der Waals surface area contributed by atoms with E-state index < -0.39 is 5.91 Å². The van der Waals surface area contributed by atoms with Crippen LogP contribution in [0.3, 0.4) is 0 Å². The van der Waals surface area contributed by atoms with Crippen LogP contribution in [0.2, 0.25) is 0 Å². The molecule has 104 valence electrons. The summed E-state index contributed by atoms with van der Waals surface area (Å²) in [5.74, 6) is 1.33. The molecule has 2 heterocycles. The zero-order valence-corrected chi connectivity index (χ0v) is 11.5. The van der Waals surface area contributed by atoms with E-state index in [-0.39, 0.29) is 5.56 Å². The fourth-order valence-corrected chi connectivity index (χ4v) is 2.46. The van der Waals surface area contributed by atoms with Gasteiger partial charge in [0.05, 0.1) is 5.56 Å². The number of anilines is 1. The number of hydrogen-bond donors (Lipinski definition) is 2. The van der Waals surface area contributed by atoms with Gasteiger partial charge in [0.1, 0.15) is 0 Å². The Labute approximate surface area is 112 Å². The summed E-state index contributed by atoms with van der Waals surface area (Å²) in [4.78, 5) is 21.8. The zero-order valence-electron chi connectivity index (χ0n) is 11.5. The minimum Gasteiger partial charge on any atom is -0.337 e. The van der Waals surface area contributed by atoms with Crippen LogP contribution in [0.5, 0.6) is 0 Å². The average Bonchev–Trinajstić information content (AvgIpc) is 2.41. The summed E-state index contributed by atoms with van der Waals surface area (Å²) < 4.78 is 0. The van der Waals surface area contributed by atoms with Gasteiger partial charge in [0, 0.05) is 25.0 Å². The van der Waals surface area contributed by atoms with Crippen molar-refractivity contribution in [1.82, 2.24) is 15.4 Å². The van der Waals surface area contributed by atoms with Crippen molar-refractivity contribution in [1.29, 1.82) is 0 Å². The predicted molar refractivity (Wildman–Crippen MR) is 71.0 cm³/mol. The lowest BCUT2D eigenvalue weighted by Crippen LogP contribution is -2.56. The lowest BCUT2D eigenvalue weighted by molar-refractivity contribution is 0.0705. The van der Waals surface area contributed by atoms with E-state index in [1.54, 1.807) is 5.48 Å². The lowest BCUT2D eigenvalue weighted by Gasteiger charge is -2.47. The van der Waals surface area contributed by atoms with Gasteiger partial charge in [-0.15, -0.1) is 0 Å².